The lowest BCUT2D eigenvalue weighted by atomic mass is 9.95. The van der Waals surface area contributed by atoms with Crippen molar-refractivity contribution in [2.75, 3.05) is 19.4 Å². The van der Waals surface area contributed by atoms with Crippen molar-refractivity contribution in [3.8, 4) is 0 Å². The number of thioether (sulfide) groups is 1. The number of primary amides is 1. The molecule has 0 aliphatic carbocycles. The molecular weight excluding hydrogens is 224 g/mol. The van der Waals surface area contributed by atoms with Crippen LogP contribution in [0.15, 0.2) is 0 Å². The molecule has 0 aromatic carbocycles. The van der Waals surface area contributed by atoms with Crippen molar-refractivity contribution in [3.63, 3.8) is 0 Å². The molecule has 1 amide bonds. The van der Waals surface area contributed by atoms with Crippen molar-refractivity contribution < 1.29 is 9.90 Å². The van der Waals surface area contributed by atoms with Crippen molar-refractivity contribution in [1.29, 1.82) is 0 Å². The van der Waals surface area contributed by atoms with Gasteiger partial charge in [-0.15, -0.1) is 0 Å². The number of nitrogens with two attached hydrogens (primary N) is 1. The second kappa shape index (κ2) is 7.14. The summed E-state index contributed by atoms with van der Waals surface area (Å²) in [5.41, 5.74) is 4.72. The maximum absolute atomic E-state index is 11.3. The molecule has 0 aromatic heterocycles. The minimum atomic E-state index is -0.644. The molecule has 3 atom stereocenters. The second-order valence-electron chi connectivity index (χ2n) is 4.58. The van der Waals surface area contributed by atoms with Gasteiger partial charge < -0.3 is 16.2 Å². The lowest BCUT2D eigenvalue weighted by Gasteiger charge is -2.28. The number of aliphatic hydroxyl groups excluding tert-OH is 1. The average molecular weight is 248 g/mol. The van der Waals surface area contributed by atoms with Crippen LogP contribution in [0.1, 0.15) is 27.2 Å². The standard InChI is InChI=1S/C11H24N2O2S/c1-8(6-14)7-16-9(2)5-11(3,13-4)10(12)15/h8-9,13-14H,5-7H2,1-4H3,(H2,12,15). The van der Waals surface area contributed by atoms with Gasteiger partial charge in [0.15, 0.2) is 0 Å². The largest absolute Gasteiger partial charge is 0.396 e. The Labute approximate surface area is 102 Å². The van der Waals surface area contributed by atoms with Gasteiger partial charge in [0.2, 0.25) is 5.91 Å². The van der Waals surface area contributed by atoms with Gasteiger partial charge in [-0.3, -0.25) is 4.79 Å². The van der Waals surface area contributed by atoms with E-state index in [-0.39, 0.29) is 12.5 Å². The maximum Gasteiger partial charge on any atom is 0.237 e. The molecule has 0 radical (unpaired) electrons. The summed E-state index contributed by atoms with van der Waals surface area (Å²) in [6, 6.07) is 0. The van der Waals surface area contributed by atoms with Crippen molar-refractivity contribution >= 4 is 17.7 Å². The van der Waals surface area contributed by atoms with Gasteiger partial charge >= 0.3 is 0 Å². The fourth-order valence-electron chi connectivity index (χ4n) is 1.34. The Bertz CT molecular complexity index is 226. The molecule has 0 spiro atoms. The molecule has 4 nitrogen and oxygen atoms in total. The van der Waals surface area contributed by atoms with E-state index in [0.29, 0.717) is 17.6 Å². The van der Waals surface area contributed by atoms with E-state index in [9.17, 15) is 4.79 Å². The summed E-state index contributed by atoms with van der Waals surface area (Å²) in [4.78, 5) is 11.3. The predicted molar refractivity (Wildman–Crippen MR) is 69.4 cm³/mol. The normalized spacial score (nSPS) is 18.8. The van der Waals surface area contributed by atoms with E-state index in [4.69, 9.17) is 10.8 Å². The van der Waals surface area contributed by atoms with Crippen molar-refractivity contribution in [2.24, 2.45) is 11.7 Å². The van der Waals surface area contributed by atoms with Gasteiger partial charge in [0.25, 0.3) is 0 Å². The van der Waals surface area contributed by atoms with E-state index in [1.165, 1.54) is 0 Å². The summed E-state index contributed by atoms with van der Waals surface area (Å²) < 4.78 is 0. The minimum absolute atomic E-state index is 0.207. The Hall–Kier alpha value is -0.260. The minimum Gasteiger partial charge on any atom is -0.396 e. The molecule has 96 valence electrons. The number of rotatable bonds is 8. The molecule has 0 aliphatic heterocycles. The number of aliphatic hydroxyl groups is 1. The van der Waals surface area contributed by atoms with Crippen LogP contribution >= 0.6 is 11.8 Å². The molecule has 0 saturated heterocycles. The zero-order chi connectivity index (χ0) is 12.8. The SMILES string of the molecule is CNC(C)(CC(C)SCC(C)CO)C(N)=O. The van der Waals surface area contributed by atoms with E-state index in [0.717, 1.165) is 5.75 Å². The average Bonchev–Trinajstić information content (AvgIpc) is 2.25. The van der Waals surface area contributed by atoms with Crippen LogP contribution in [-0.2, 0) is 4.79 Å². The topological polar surface area (TPSA) is 75.3 Å². The van der Waals surface area contributed by atoms with Gasteiger partial charge in [-0.25, -0.2) is 0 Å². The number of carbonyl (C=O) groups is 1. The highest BCUT2D eigenvalue weighted by Gasteiger charge is 2.30. The fraction of sp³-hybridized carbons (Fsp3) is 0.909. The van der Waals surface area contributed by atoms with E-state index >= 15 is 0 Å². The predicted octanol–water partition coefficient (Wildman–Crippen LogP) is 0.590. The molecule has 16 heavy (non-hydrogen) atoms. The Morgan fingerprint density at radius 1 is 1.56 bits per heavy atom. The van der Waals surface area contributed by atoms with Crippen LogP contribution in [0.4, 0.5) is 0 Å². The third kappa shape index (κ3) is 5.18. The van der Waals surface area contributed by atoms with Crippen LogP contribution in [0.25, 0.3) is 0 Å². The summed E-state index contributed by atoms with van der Waals surface area (Å²) >= 11 is 1.76. The molecular formula is C11H24N2O2S. The van der Waals surface area contributed by atoms with Crippen LogP contribution in [0.2, 0.25) is 0 Å². The first-order chi connectivity index (χ1) is 7.35. The van der Waals surface area contributed by atoms with Gasteiger partial charge in [-0.05, 0) is 32.1 Å². The third-order valence-corrected chi connectivity index (χ3v) is 4.27. The van der Waals surface area contributed by atoms with Crippen LogP contribution in [0.3, 0.4) is 0 Å². The fourth-order valence-corrected chi connectivity index (χ4v) is 2.55. The third-order valence-electron chi connectivity index (χ3n) is 2.77. The molecule has 4 N–H and O–H groups in total. The van der Waals surface area contributed by atoms with Crippen molar-refractivity contribution in [3.05, 3.63) is 0 Å². The first-order valence-corrected chi connectivity index (χ1v) is 6.62. The highest BCUT2D eigenvalue weighted by molar-refractivity contribution is 7.99. The molecule has 0 rings (SSSR count). The molecule has 0 saturated carbocycles. The Morgan fingerprint density at radius 3 is 2.50 bits per heavy atom. The van der Waals surface area contributed by atoms with Crippen LogP contribution < -0.4 is 11.1 Å². The summed E-state index contributed by atoms with van der Waals surface area (Å²) in [5, 5.41) is 12.2. The highest BCUT2D eigenvalue weighted by atomic mass is 32.2. The lowest BCUT2D eigenvalue weighted by molar-refractivity contribution is -0.123. The van der Waals surface area contributed by atoms with Crippen LogP contribution in [0, 0.1) is 5.92 Å². The van der Waals surface area contributed by atoms with Crippen LogP contribution in [0.5, 0.6) is 0 Å². The molecule has 0 aliphatic rings. The maximum atomic E-state index is 11.3. The van der Waals surface area contributed by atoms with Crippen LogP contribution in [-0.4, -0.2) is 41.2 Å². The van der Waals surface area contributed by atoms with E-state index in [2.05, 4.69) is 12.2 Å². The molecule has 3 unspecified atom stereocenters. The first-order valence-electron chi connectivity index (χ1n) is 5.57. The zero-order valence-corrected chi connectivity index (χ0v) is 11.4. The van der Waals surface area contributed by atoms with Gasteiger partial charge in [-0.2, -0.15) is 11.8 Å². The molecule has 0 aromatic rings. The number of hydrogen-bond donors (Lipinski definition) is 3. The highest BCUT2D eigenvalue weighted by Crippen LogP contribution is 2.23. The van der Waals surface area contributed by atoms with Gasteiger partial charge in [0.1, 0.15) is 0 Å². The summed E-state index contributed by atoms with van der Waals surface area (Å²) in [7, 11) is 1.75. The van der Waals surface area contributed by atoms with Gasteiger partial charge in [-0.1, -0.05) is 13.8 Å². The Balaban J connectivity index is 4.11. The quantitative estimate of drug-likeness (QED) is 0.588. The second-order valence-corrected chi connectivity index (χ2v) is 6.05. The Kier molecular flexibility index (Phi) is 7.03. The lowest BCUT2D eigenvalue weighted by Crippen LogP contribution is -2.52. The number of amides is 1. The van der Waals surface area contributed by atoms with Crippen molar-refractivity contribution in [2.45, 2.75) is 38.0 Å². The van der Waals surface area contributed by atoms with E-state index in [1.807, 2.05) is 13.8 Å². The number of hydrogen-bond acceptors (Lipinski definition) is 4. The van der Waals surface area contributed by atoms with E-state index in [1.54, 1.807) is 18.8 Å². The Morgan fingerprint density at radius 2 is 2.12 bits per heavy atom. The van der Waals surface area contributed by atoms with Gasteiger partial charge in [0.05, 0.1) is 5.54 Å². The number of likely N-dealkylation sites (N-methyl/N-ethyl adjacent to an activating group) is 1. The van der Waals surface area contributed by atoms with E-state index < -0.39 is 5.54 Å². The number of carbonyl (C=O) groups excluding carboxylic acids is 1. The van der Waals surface area contributed by atoms with Crippen molar-refractivity contribution in [1.82, 2.24) is 5.32 Å². The number of nitrogens with one attached hydrogen (secondary N) is 1. The molecule has 0 heterocycles. The molecule has 0 bridgehead atoms. The summed E-state index contributed by atoms with van der Waals surface area (Å²) in [5.74, 6) is 0.871. The molecule has 5 heteroatoms. The summed E-state index contributed by atoms with van der Waals surface area (Å²) in [6.07, 6.45) is 0.696. The monoisotopic (exact) mass is 248 g/mol. The zero-order valence-electron chi connectivity index (χ0n) is 10.6. The first kappa shape index (κ1) is 15.7. The smallest absolute Gasteiger partial charge is 0.237 e. The van der Waals surface area contributed by atoms with Gasteiger partial charge in [0, 0.05) is 11.9 Å². The summed E-state index contributed by atoms with van der Waals surface area (Å²) in [6.45, 7) is 6.11. The molecule has 0 fully saturated rings.